The minimum atomic E-state index is -3.87. The molecule has 0 aliphatic carbocycles. The second-order valence-corrected chi connectivity index (χ2v) is 8.57. The van der Waals surface area contributed by atoms with Crippen molar-refractivity contribution in [3.63, 3.8) is 0 Å². The van der Waals surface area contributed by atoms with Crippen molar-refractivity contribution in [2.75, 3.05) is 23.5 Å². The molecule has 0 aliphatic rings. The summed E-state index contributed by atoms with van der Waals surface area (Å²) in [5.41, 5.74) is -0.314. The normalized spacial score (nSPS) is 12.3. The number of benzene rings is 1. The molecule has 0 saturated carbocycles. The van der Waals surface area contributed by atoms with Crippen molar-refractivity contribution in [3.8, 4) is 0 Å². The van der Waals surface area contributed by atoms with Crippen LogP contribution in [0.15, 0.2) is 24.3 Å². The number of sulfone groups is 2. The largest absolute Gasteiger partial charge is 0.293 e. The highest BCUT2D eigenvalue weighted by atomic mass is 32.2. The van der Waals surface area contributed by atoms with Gasteiger partial charge in [-0.25, -0.2) is 21.2 Å². The van der Waals surface area contributed by atoms with E-state index in [1.165, 1.54) is 18.2 Å². The van der Waals surface area contributed by atoms with Gasteiger partial charge in [-0.3, -0.25) is 4.79 Å². The van der Waals surface area contributed by atoms with Crippen molar-refractivity contribution >= 4 is 25.5 Å². The van der Waals surface area contributed by atoms with Gasteiger partial charge in [-0.05, 0) is 12.1 Å². The molecule has 0 spiro atoms. The van der Waals surface area contributed by atoms with Crippen LogP contribution in [0.3, 0.4) is 0 Å². The van der Waals surface area contributed by atoms with Crippen LogP contribution in [-0.4, -0.2) is 46.1 Å². The number of hydrogen-bond acceptors (Lipinski definition) is 5. The molecule has 0 heterocycles. The summed E-state index contributed by atoms with van der Waals surface area (Å²) in [4.78, 5) is 11.6. The highest BCUT2D eigenvalue weighted by molar-refractivity contribution is 7.95. The molecule has 0 fully saturated rings. The third-order valence-corrected chi connectivity index (χ3v) is 5.02. The van der Waals surface area contributed by atoms with Gasteiger partial charge in [-0.1, -0.05) is 12.1 Å². The minimum absolute atomic E-state index is 0.314. The van der Waals surface area contributed by atoms with Crippen LogP contribution in [0, 0.1) is 5.82 Å². The monoisotopic (exact) mass is 308 g/mol. The van der Waals surface area contributed by atoms with Gasteiger partial charge in [-0.15, -0.1) is 0 Å². The van der Waals surface area contributed by atoms with Crippen molar-refractivity contribution in [1.82, 2.24) is 0 Å². The molecule has 19 heavy (non-hydrogen) atoms. The van der Waals surface area contributed by atoms with E-state index in [4.69, 9.17) is 0 Å². The van der Waals surface area contributed by atoms with Gasteiger partial charge in [-0.2, -0.15) is 0 Å². The molecule has 1 aromatic carbocycles. The van der Waals surface area contributed by atoms with E-state index < -0.39 is 48.5 Å². The highest BCUT2D eigenvalue weighted by Gasteiger charge is 2.21. The molecule has 0 aromatic heterocycles. The summed E-state index contributed by atoms with van der Waals surface area (Å²) in [7, 11) is -7.30. The number of carbonyl (C=O) groups is 1. The summed E-state index contributed by atoms with van der Waals surface area (Å²) in [6.07, 6.45) is 0.904. The fourth-order valence-corrected chi connectivity index (χ4v) is 4.24. The van der Waals surface area contributed by atoms with Crippen LogP contribution in [-0.2, 0) is 19.7 Å². The van der Waals surface area contributed by atoms with E-state index >= 15 is 0 Å². The van der Waals surface area contributed by atoms with Gasteiger partial charge in [0.15, 0.2) is 15.6 Å². The zero-order valence-electron chi connectivity index (χ0n) is 10.2. The van der Waals surface area contributed by atoms with Crippen LogP contribution in [0.4, 0.5) is 4.39 Å². The van der Waals surface area contributed by atoms with E-state index in [0.717, 1.165) is 12.3 Å². The van der Waals surface area contributed by atoms with Crippen LogP contribution in [0.1, 0.15) is 10.4 Å². The Labute approximate surface area is 111 Å². The Morgan fingerprint density at radius 1 is 1.11 bits per heavy atom. The van der Waals surface area contributed by atoms with E-state index in [9.17, 15) is 26.0 Å². The number of Topliss-reactive ketones (excluding diaryl/α,β-unsaturated/α-hetero) is 1. The number of ketones is 1. The van der Waals surface area contributed by atoms with E-state index in [-0.39, 0.29) is 5.56 Å². The quantitative estimate of drug-likeness (QED) is 0.713. The summed E-state index contributed by atoms with van der Waals surface area (Å²) >= 11 is 0. The van der Waals surface area contributed by atoms with Gasteiger partial charge in [0.25, 0.3) is 0 Å². The minimum Gasteiger partial charge on any atom is -0.293 e. The SMILES string of the molecule is CS(=O)(=O)CCS(=O)(=O)CC(=O)c1ccccc1F. The average Bonchev–Trinajstić information content (AvgIpc) is 2.25. The van der Waals surface area contributed by atoms with E-state index in [1.54, 1.807) is 0 Å². The van der Waals surface area contributed by atoms with Crippen molar-refractivity contribution in [3.05, 3.63) is 35.6 Å². The molecular formula is C11H13FO5S2. The molecule has 0 saturated heterocycles. The van der Waals surface area contributed by atoms with Crippen LogP contribution in [0.5, 0.6) is 0 Å². The van der Waals surface area contributed by atoms with E-state index in [2.05, 4.69) is 0 Å². The average molecular weight is 308 g/mol. The molecule has 0 bridgehead atoms. The fraction of sp³-hybridized carbons (Fsp3) is 0.364. The summed E-state index contributed by atoms with van der Waals surface area (Å²) in [5.74, 6) is -3.78. The Balaban J connectivity index is 2.80. The topological polar surface area (TPSA) is 85.3 Å². The summed E-state index contributed by atoms with van der Waals surface area (Å²) in [6.45, 7) is 0. The molecule has 8 heteroatoms. The smallest absolute Gasteiger partial charge is 0.180 e. The van der Waals surface area contributed by atoms with Crippen LogP contribution in [0.2, 0.25) is 0 Å². The maximum Gasteiger partial charge on any atom is 0.180 e. The third-order valence-electron chi connectivity index (χ3n) is 2.29. The lowest BCUT2D eigenvalue weighted by Gasteiger charge is -2.04. The van der Waals surface area contributed by atoms with Crippen molar-refractivity contribution < 1.29 is 26.0 Å². The Hall–Kier alpha value is -1.28. The molecule has 0 amide bonds. The standard InChI is InChI=1S/C11H13FO5S2/c1-18(14,15)6-7-19(16,17)8-11(13)9-4-2-3-5-10(9)12/h2-5H,6-8H2,1H3. The number of hydrogen-bond donors (Lipinski definition) is 0. The molecule has 5 nitrogen and oxygen atoms in total. The van der Waals surface area contributed by atoms with Crippen LogP contribution < -0.4 is 0 Å². The highest BCUT2D eigenvalue weighted by Crippen LogP contribution is 2.09. The molecular weight excluding hydrogens is 295 g/mol. The predicted octanol–water partition coefficient (Wildman–Crippen LogP) is 0.468. The summed E-state index contributed by atoms with van der Waals surface area (Å²) in [6, 6.07) is 5.03. The lowest BCUT2D eigenvalue weighted by molar-refractivity contribution is 0.101. The van der Waals surface area contributed by atoms with Gasteiger partial charge < -0.3 is 0 Å². The van der Waals surface area contributed by atoms with Gasteiger partial charge in [0, 0.05) is 6.26 Å². The van der Waals surface area contributed by atoms with Crippen LogP contribution >= 0.6 is 0 Å². The second-order valence-electron chi connectivity index (χ2n) is 4.12. The first-order valence-corrected chi connectivity index (χ1v) is 9.15. The molecule has 0 unspecified atom stereocenters. The van der Waals surface area contributed by atoms with Gasteiger partial charge in [0.2, 0.25) is 0 Å². The van der Waals surface area contributed by atoms with Crippen molar-refractivity contribution in [2.45, 2.75) is 0 Å². The maximum atomic E-state index is 13.3. The van der Waals surface area contributed by atoms with E-state index in [0.29, 0.717) is 0 Å². The zero-order valence-corrected chi connectivity index (χ0v) is 11.8. The maximum absolute atomic E-state index is 13.3. The van der Waals surface area contributed by atoms with Crippen molar-refractivity contribution in [1.29, 1.82) is 0 Å². The fourth-order valence-electron chi connectivity index (χ4n) is 1.32. The molecule has 0 N–H and O–H groups in total. The first-order valence-electron chi connectivity index (χ1n) is 5.26. The molecule has 1 aromatic rings. The van der Waals surface area contributed by atoms with Gasteiger partial charge in [0.1, 0.15) is 21.4 Å². The lowest BCUT2D eigenvalue weighted by Crippen LogP contribution is -2.23. The molecule has 1 rings (SSSR count). The van der Waals surface area contributed by atoms with Crippen molar-refractivity contribution in [2.24, 2.45) is 0 Å². The Bertz CT molecular complexity index is 677. The summed E-state index contributed by atoms with van der Waals surface area (Å²) < 4.78 is 58.2. The Morgan fingerprint density at radius 2 is 1.68 bits per heavy atom. The molecule has 106 valence electrons. The molecule has 0 aliphatic heterocycles. The van der Waals surface area contributed by atoms with Crippen LogP contribution in [0.25, 0.3) is 0 Å². The second kappa shape index (κ2) is 5.79. The predicted molar refractivity (Wildman–Crippen MR) is 69.1 cm³/mol. The zero-order chi connectivity index (χ0) is 14.7. The lowest BCUT2D eigenvalue weighted by atomic mass is 10.1. The third kappa shape index (κ3) is 5.48. The molecule has 0 radical (unpaired) electrons. The Morgan fingerprint density at radius 3 is 2.21 bits per heavy atom. The number of rotatable bonds is 6. The Kier molecular flexibility index (Phi) is 4.81. The first kappa shape index (κ1) is 15.8. The summed E-state index contributed by atoms with van der Waals surface area (Å²) in [5, 5.41) is 0. The van der Waals surface area contributed by atoms with Gasteiger partial charge >= 0.3 is 0 Å². The number of carbonyl (C=O) groups excluding carboxylic acids is 1. The molecule has 0 atom stereocenters. The van der Waals surface area contributed by atoms with E-state index in [1.807, 2.05) is 0 Å². The number of halogens is 1. The van der Waals surface area contributed by atoms with Gasteiger partial charge in [0.05, 0.1) is 17.1 Å². The first-order chi connectivity index (χ1) is 8.61.